The Labute approximate surface area is 180 Å². The molecule has 162 valence electrons. The average Bonchev–Trinajstić information content (AvgIpc) is 2.98. The van der Waals surface area contributed by atoms with Gasteiger partial charge in [0, 0.05) is 28.6 Å². The number of carbonyl (C=O) groups is 3. The lowest BCUT2D eigenvalue weighted by molar-refractivity contribution is -0.184. The van der Waals surface area contributed by atoms with Gasteiger partial charge in [-0.25, -0.2) is 0 Å². The SMILES string of the molecule is CC1=CC(=O)C2=C(C1=O)[C@H]1[C@@](C)(CC[C@H]3[C@@]4(C)CCC(=O)C(C)(C)[C@@H]4CC[C@]31C)C2. The van der Waals surface area contributed by atoms with E-state index in [-0.39, 0.29) is 39.1 Å². The van der Waals surface area contributed by atoms with Crippen molar-refractivity contribution in [2.24, 2.45) is 39.4 Å². The molecule has 0 aromatic rings. The molecule has 6 atom stereocenters. The van der Waals surface area contributed by atoms with Crippen molar-refractivity contribution in [3.8, 4) is 0 Å². The summed E-state index contributed by atoms with van der Waals surface area (Å²) in [5.74, 6) is 1.68. The second kappa shape index (κ2) is 5.84. The second-order valence-corrected chi connectivity index (χ2v) is 12.5. The van der Waals surface area contributed by atoms with Crippen molar-refractivity contribution in [3.05, 3.63) is 22.8 Å². The molecule has 3 heteroatoms. The summed E-state index contributed by atoms with van der Waals surface area (Å²) in [7, 11) is 0. The Balaban J connectivity index is 1.63. The van der Waals surface area contributed by atoms with E-state index in [0.717, 1.165) is 49.7 Å². The van der Waals surface area contributed by atoms with Gasteiger partial charge in [-0.1, -0.05) is 34.6 Å². The Kier molecular flexibility index (Phi) is 3.97. The van der Waals surface area contributed by atoms with E-state index in [0.29, 0.717) is 29.6 Å². The van der Waals surface area contributed by atoms with E-state index in [4.69, 9.17) is 0 Å². The minimum Gasteiger partial charge on any atom is -0.299 e. The van der Waals surface area contributed by atoms with Crippen LogP contribution in [0.2, 0.25) is 0 Å². The summed E-state index contributed by atoms with van der Waals surface area (Å²) in [6.45, 7) is 13.3. The van der Waals surface area contributed by atoms with Crippen molar-refractivity contribution < 1.29 is 14.4 Å². The summed E-state index contributed by atoms with van der Waals surface area (Å²) in [4.78, 5) is 39.0. The van der Waals surface area contributed by atoms with Gasteiger partial charge in [0.05, 0.1) is 0 Å². The van der Waals surface area contributed by atoms with Crippen molar-refractivity contribution in [1.29, 1.82) is 0 Å². The molecule has 0 radical (unpaired) electrons. The van der Waals surface area contributed by atoms with Crippen LogP contribution in [0.1, 0.15) is 86.5 Å². The Morgan fingerprint density at radius 2 is 1.53 bits per heavy atom. The monoisotopic (exact) mass is 408 g/mol. The molecule has 5 rings (SSSR count). The van der Waals surface area contributed by atoms with E-state index in [2.05, 4.69) is 34.6 Å². The first-order valence-corrected chi connectivity index (χ1v) is 11.9. The molecule has 0 saturated heterocycles. The summed E-state index contributed by atoms with van der Waals surface area (Å²) in [5, 5.41) is 0. The van der Waals surface area contributed by atoms with Crippen LogP contribution in [0.25, 0.3) is 0 Å². The smallest absolute Gasteiger partial charge is 0.185 e. The van der Waals surface area contributed by atoms with Crippen LogP contribution in [0.5, 0.6) is 0 Å². The van der Waals surface area contributed by atoms with Crippen molar-refractivity contribution in [2.75, 3.05) is 0 Å². The molecular formula is C27H36O3. The summed E-state index contributed by atoms with van der Waals surface area (Å²) < 4.78 is 0. The molecule has 3 fully saturated rings. The average molecular weight is 409 g/mol. The predicted molar refractivity (Wildman–Crippen MR) is 117 cm³/mol. The molecule has 0 aromatic heterocycles. The van der Waals surface area contributed by atoms with Gasteiger partial charge in [0.15, 0.2) is 11.6 Å². The Hall–Kier alpha value is -1.51. The maximum Gasteiger partial charge on any atom is 0.185 e. The Morgan fingerprint density at radius 3 is 2.23 bits per heavy atom. The zero-order valence-corrected chi connectivity index (χ0v) is 19.5. The molecule has 0 heterocycles. The van der Waals surface area contributed by atoms with Crippen LogP contribution < -0.4 is 0 Å². The number of fused-ring (bicyclic) bond motifs is 6. The van der Waals surface area contributed by atoms with E-state index in [9.17, 15) is 14.4 Å². The molecule has 0 amide bonds. The van der Waals surface area contributed by atoms with E-state index in [1.807, 2.05) is 0 Å². The zero-order chi connectivity index (χ0) is 21.9. The largest absolute Gasteiger partial charge is 0.299 e. The highest BCUT2D eigenvalue weighted by Crippen LogP contribution is 2.73. The number of ketones is 3. The summed E-state index contributed by atoms with van der Waals surface area (Å²) in [6.07, 6.45) is 8.30. The first-order valence-electron chi connectivity index (χ1n) is 11.9. The highest BCUT2D eigenvalue weighted by atomic mass is 16.1. The molecule has 0 aromatic carbocycles. The molecule has 0 bridgehead atoms. The number of carbonyl (C=O) groups excluding carboxylic acids is 3. The fraction of sp³-hybridized carbons (Fsp3) is 0.741. The quantitative estimate of drug-likeness (QED) is 0.488. The fourth-order valence-electron chi connectivity index (χ4n) is 9.40. The van der Waals surface area contributed by atoms with E-state index in [1.54, 1.807) is 13.0 Å². The normalized spacial score (nSPS) is 47.3. The van der Waals surface area contributed by atoms with E-state index in [1.165, 1.54) is 0 Å². The molecule has 0 aliphatic heterocycles. The Bertz CT molecular complexity index is 949. The molecule has 3 saturated carbocycles. The first-order chi connectivity index (χ1) is 13.9. The third-order valence-electron chi connectivity index (χ3n) is 10.6. The lowest BCUT2D eigenvalue weighted by Gasteiger charge is -2.67. The lowest BCUT2D eigenvalue weighted by atomic mass is 9.37. The van der Waals surface area contributed by atoms with Crippen molar-refractivity contribution in [3.63, 3.8) is 0 Å². The summed E-state index contributed by atoms with van der Waals surface area (Å²) in [5.41, 5.74) is 2.17. The zero-order valence-electron chi connectivity index (χ0n) is 19.5. The topological polar surface area (TPSA) is 51.2 Å². The second-order valence-electron chi connectivity index (χ2n) is 12.5. The molecule has 5 aliphatic rings. The fourth-order valence-corrected chi connectivity index (χ4v) is 9.40. The van der Waals surface area contributed by atoms with Crippen molar-refractivity contribution in [2.45, 2.75) is 86.5 Å². The number of hydrogen-bond donors (Lipinski definition) is 0. The third-order valence-corrected chi connectivity index (χ3v) is 10.6. The van der Waals surface area contributed by atoms with Gasteiger partial charge in [0.2, 0.25) is 0 Å². The number of allylic oxidation sites excluding steroid dienone is 4. The summed E-state index contributed by atoms with van der Waals surface area (Å²) in [6, 6.07) is 0. The van der Waals surface area contributed by atoms with E-state index >= 15 is 0 Å². The Morgan fingerprint density at radius 1 is 0.867 bits per heavy atom. The number of Topliss-reactive ketones (excluding diaryl/α,β-unsaturated/α-hetero) is 2. The standard InChI is InChI=1S/C27H36O3/c1-15-13-17(28)16-14-25(4)10-7-19-26(5)12-9-20(29)24(2,3)18(26)8-11-27(19,6)23(25)21(16)22(15)30/h13,18-19,23H,7-12,14H2,1-6H3/t18-,19-,23-,25-,26-,27+/m0/s1. The lowest BCUT2D eigenvalue weighted by Crippen LogP contribution is -2.62. The molecular weight excluding hydrogens is 372 g/mol. The first kappa shape index (κ1) is 20.4. The van der Waals surface area contributed by atoms with Crippen LogP contribution in [0, 0.1) is 39.4 Å². The van der Waals surface area contributed by atoms with Gasteiger partial charge in [0.1, 0.15) is 5.78 Å². The molecule has 3 nitrogen and oxygen atoms in total. The highest BCUT2D eigenvalue weighted by molar-refractivity contribution is 6.23. The van der Waals surface area contributed by atoms with Crippen LogP contribution in [0.3, 0.4) is 0 Å². The minimum absolute atomic E-state index is 0.00287. The van der Waals surface area contributed by atoms with Crippen LogP contribution in [0.4, 0.5) is 0 Å². The molecule has 0 unspecified atom stereocenters. The minimum atomic E-state index is -0.259. The van der Waals surface area contributed by atoms with Gasteiger partial charge in [-0.15, -0.1) is 0 Å². The van der Waals surface area contributed by atoms with Crippen molar-refractivity contribution in [1.82, 2.24) is 0 Å². The van der Waals surface area contributed by atoms with Crippen LogP contribution in [-0.2, 0) is 14.4 Å². The molecule has 30 heavy (non-hydrogen) atoms. The van der Waals surface area contributed by atoms with Crippen LogP contribution in [-0.4, -0.2) is 17.3 Å². The summed E-state index contributed by atoms with van der Waals surface area (Å²) >= 11 is 0. The van der Waals surface area contributed by atoms with Gasteiger partial charge in [0.25, 0.3) is 0 Å². The van der Waals surface area contributed by atoms with Crippen molar-refractivity contribution >= 4 is 17.3 Å². The molecule has 0 spiro atoms. The van der Waals surface area contributed by atoms with Gasteiger partial charge < -0.3 is 0 Å². The van der Waals surface area contributed by atoms with E-state index < -0.39 is 0 Å². The maximum atomic E-state index is 13.4. The number of rotatable bonds is 0. The number of hydrogen-bond acceptors (Lipinski definition) is 3. The van der Waals surface area contributed by atoms with Gasteiger partial charge in [-0.3, -0.25) is 14.4 Å². The molecule has 0 N–H and O–H groups in total. The molecule has 5 aliphatic carbocycles. The van der Waals surface area contributed by atoms with Crippen LogP contribution >= 0.6 is 0 Å². The van der Waals surface area contributed by atoms with Gasteiger partial charge >= 0.3 is 0 Å². The third kappa shape index (κ3) is 2.25. The maximum absolute atomic E-state index is 13.4. The van der Waals surface area contributed by atoms with Gasteiger partial charge in [-0.2, -0.15) is 0 Å². The predicted octanol–water partition coefficient (Wildman–Crippen LogP) is 5.63. The van der Waals surface area contributed by atoms with Crippen LogP contribution in [0.15, 0.2) is 22.8 Å². The highest BCUT2D eigenvalue weighted by Gasteiger charge is 2.68. The van der Waals surface area contributed by atoms with Gasteiger partial charge in [-0.05, 0) is 85.5 Å².